The third-order valence-electron chi connectivity index (χ3n) is 3.05. The topological polar surface area (TPSA) is 57.6 Å². The van der Waals surface area contributed by atoms with E-state index in [1.807, 2.05) is 31.1 Å². The molecular weight excluding hydrogens is 290 g/mol. The van der Waals surface area contributed by atoms with Crippen molar-refractivity contribution in [2.45, 2.75) is 6.54 Å². The normalized spacial score (nSPS) is 10.3. The number of hydrogen-bond acceptors (Lipinski definition) is 5. The van der Waals surface area contributed by atoms with Crippen LogP contribution in [0.4, 0.5) is 11.4 Å². The summed E-state index contributed by atoms with van der Waals surface area (Å²) in [5.74, 6) is 0.611. The molecular formula is C15H18ClN3O2. The minimum Gasteiger partial charge on any atom is -0.506 e. The number of rotatable bonds is 5. The Balaban J connectivity index is 2.24. The number of pyridine rings is 1. The van der Waals surface area contributed by atoms with E-state index in [1.54, 1.807) is 25.4 Å². The number of phenolic OH excluding ortho intramolecular Hbond substituents is 1. The van der Waals surface area contributed by atoms with Gasteiger partial charge in [-0.25, -0.2) is 4.98 Å². The van der Waals surface area contributed by atoms with Crippen LogP contribution in [0.2, 0.25) is 5.02 Å². The van der Waals surface area contributed by atoms with Crippen molar-refractivity contribution in [2.75, 3.05) is 31.4 Å². The van der Waals surface area contributed by atoms with Crippen molar-refractivity contribution in [3.63, 3.8) is 0 Å². The molecule has 0 saturated carbocycles. The maximum absolute atomic E-state index is 9.44. The van der Waals surface area contributed by atoms with Crippen molar-refractivity contribution in [1.29, 1.82) is 0 Å². The molecule has 0 spiro atoms. The summed E-state index contributed by atoms with van der Waals surface area (Å²) in [6.07, 6.45) is 1.71. The molecule has 0 amide bonds. The van der Waals surface area contributed by atoms with Gasteiger partial charge in [0, 0.05) is 26.8 Å². The number of halogens is 1. The summed E-state index contributed by atoms with van der Waals surface area (Å²) in [5, 5.41) is 13.1. The SMILES string of the molecule is COc1nccc(N(C)C)c1NCc1ccc(O)c(Cl)c1. The summed E-state index contributed by atoms with van der Waals surface area (Å²) in [6, 6.07) is 7.02. The van der Waals surface area contributed by atoms with Crippen molar-refractivity contribution < 1.29 is 9.84 Å². The fraction of sp³-hybridized carbons (Fsp3) is 0.267. The molecule has 1 heterocycles. The highest BCUT2D eigenvalue weighted by Crippen LogP contribution is 2.32. The average molecular weight is 308 g/mol. The average Bonchev–Trinajstić information content (AvgIpc) is 2.48. The van der Waals surface area contributed by atoms with Gasteiger partial charge < -0.3 is 20.1 Å². The van der Waals surface area contributed by atoms with E-state index in [2.05, 4.69) is 10.3 Å². The molecule has 0 unspecified atom stereocenters. The zero-order chi connectivity index (χ0) is 15.4. The Bertz CT molecular complexity index is 632. The Kier molecular flexibility index (Phi) is 4.75. The summed E-state index contributed by atoms with van der Waals surface area (Å²) >= 11 is 5.91. The predicted octanol–water partition coefficient (Wildman–Crippen LogP) is 3.13. The largest absolute Gasteiger partial charge is 0.506 e. The van der Waals surface area contributed by atoms with Gasteiger partial charge in [0.15, 0.2) is 0 Å². The lowest BCUT2D eigenvalue weighted by molar-refractivity contribution is 0.400. The van der Waals surface area contributed by atoms with Crippen molar-refractivity contribution in [3.8, 4) is 11.6 Å². The summed E-state index contributed by atoms with van der Waals surface area (Å²) in [6.45, 7) is 0.545. The van der Waals surface area contributed by atoms with Crippen LogP contribution in [-0.4, -0.2) is 31.3 Å². The number of aromatic hydroxyl groups is 1. The van der Waals surface area contributed by atoms with Crippen molar-refractivity contribution in [1.82, 2.24) is 4.98 Å². The van der Waals surface area contributed by atoms with Gasteiger partial charge in [-0.15, -0.1) is 0 Å². The number of phenols is 1. The number of nitrogens with one attached hydrogen (secondary N) is 1. The van der Waals surface area contributed by atoms with Crippen molar-refractivity contribution >= 4 is 23.0 Å². The van der Waals surface area contributed by atoms with Crippen LogP contribution in [0.3, 0.4) is 0 Å². The van der Waals surface area contributed by atoms with Gasteiger partial charge in [0.1, 0.15) is 11.4 Å². The molecule has 0 atom stereocenters. The smallest absolute Gasteiger partial charge is 0.239 e. The monoisotopic (exact) mass is 307 g/mol. The molecule has 6 heteroatoms. The molecule has 2 rings (SSSR count). The lowest BCUT2D eigenvalue weighted by Gasteiger charge is -2.20. The summed E-state index contributed by atoms with van der Waals surface area (Å²) in [4.78, 5) is 6.19. The molecule has 0 aliphatic heterocycles. The van der Waals surface area contributed by atoms with Gasteiger partial charge in [-0.2, -0.15) is 0 Å². The van der Waals surface area contributed by atoms with Gasteiger partial charge in [0.05, 0.1) is 17.8 Å². The van der Waals surface area contributed by atoms with Gasteiger partial charge in [-0.05, 0) is 23.8 Å². The Labute approximate surface area is 129 Å². The maximum Gasteiger partial charge on any atom is 0.239 e. The fourth-order valence-electron chi connectivity index (χ4n) is 1.98. The standard InChI is InChI=1S/C15H18ClN3O2/c1-19(2)12-6-7-17-15(21-3)14(12)18-9-10-4-5-13(20)11(16)8-10/h4-8,18,20H,9H2,1-3H3. The van der Waals surface area contributed by atoms with E-state index in [0.717, 1.165) is 16.9 Å². The lowest BCUT2D eigenvalue weighted by atomic mass is 10.2. The first-order chi connectivity index (χ1) is 10.0. The van der Waals surface area contributed by atoms with E-state index >= 15 is 0 Å². The number of nitrogens with zero attached hydrogens (tertiary/aromatic N) is 2. The number of ether oxygens (including phenoxy) is 1. The van der Waals surface area contributed by atoms with Gasteiger partial charge in [0.2, 0.25) is 5.88 Å². The number of anilines is 2. The van der Waals surface area contributed by atoms with Crippen LogP contribution in [0, 0.1) is 0 Å². The molecule has 2 N–H and O–H groups in total. The molecule has 2 aromatic rings. The number of hydrogen-bond donors (Lipinski definition) is 2. The van der Waals surface area contributed by atoms with Gasteiger partial charge in [-0.3, -0.25) is 0 Å². The Morgan fingerprint density at radius 2 is 2.10 bits per heavy atom. The highest BCUT2D eigenvalue weighted by molar-refractivity contribution is 6.32. The fourth-order valence-corrected chi connectivity index (χ4v) is 2.18. The van der Waals surface area contributed by atoms with E-state index in [1.165, 1.54) is 0 Å². The molecule has 112 valence electrons. The quantitative estimate of drug-likeness (QED) is 0.889. The van der Waals surface area contributed by atoms with E-state index < -0.39 is 0 Å². The van der Waals surface area contributed by atoms with Crippen LogP contribution in [-0.2, 0) is 6.54 Å². The molecule has 5 nitrogen and oxygen atoms in total. The van der Waals surface area contributed by atoms with Gasteiger partial charge in [-0.1, -0.05) is 17.7 Å². The van der Waals surface area contributed by atoms with Gasteiger partial charge in [0.25, 0.3) is 0 Å². The minimum atomic E-state index is 0.0772. The third-order valence-corrected chi connectivity index (χ3v) is 3.35. The molecule has 0 fully saturated rings. The van der Waals surface area contributed by atoms with Crippen molar-refractivity contribution in [3.05, 3.63) is 41.0 Å². The molecule has 1 aromatic carbocycles. The number of benzene rings is 1. The third kappa shape index (κ3) is 3.49. The first-order valence-electron chi connectivity index (χ1n) is 6.44. The second-order valence-electron chi connectivity index (χ2n) is 4.75. The zero-order valence-corrected chi connectivity index (χ0v) is 13.0. The van der Waals surface area contributed by atoms with Crippen LogP contribution in [0.5, 0.6) is 11.6 Å². The molecule has 21 heavy (non-hydrogen) atoms. The Hall–Kier alpha value is -2.14. The highest BCUT2D eigenvalue weighted by Gasteiger charge is 2.12. The number of aromatic nitrogens is 1. The van der Waals surface area contributed by atoms with Crippen LogP contribution in [0.1, 0.15) is 5.56 Å². The lowest BCUT2D eigenvalue weighted by Crippen LogP contribution is -2.13. The Morgan fingerprint density at radius 1 is 1.33 bits per heavy atom. The first-order valence-corrected chi connectivity index (χ1v) is 6.82. The minimum absolute atomic E-state index is 0.0772. The van der Waals surface area contributed by atoms with Crippen LogP contribution >= 0.6 is 11.6 Å². The first kappa shape index (κ1) is 15.3. The van der Waals surface area contributed by atoms with Gasteiger partial charge >= 0.3 is 0 Å². The molecule has 0 radical (unpaired) electrons. The Morgan fingerprint density at radius 3 is 2.71 bits per heavy atom. The summed E-state index contributed by atoms with van der Waals surface area (Å²) in [7, 11) is 5.50. The second-order valence-corrected chi connectivity index (χ2v) is 5.16. The molecule has 0 aliphatic carbocycles. The van der Waals surface area contributed by atoms with E-state index in [9.17, 15) is 5.11 Å². The van der Waals surface area contributed by atoms with E-state index in [4.69, 9.17) is 16.3 Å². The number of methoxy groups -OCH3 is 1. The molecule has 0 saturated heterocycles. The highest BCUT2D eigenvalue weighted by atomic mass is 35.5. The van der Waals surface area contributed by atoms with Crippen LogP contribution in [0.25, 0.3) is 0 Å². The van der Waals surface area contributed by atoms with E-state index in [-0.39, 0.29) is 5.75 Å². The van der Waals surface area contributed by atoms with Crippen LogP contribution in [0.15, 0.2) is 30.5 Å². The van der Waals surface area contributed by atoms with E-state index in [0.29, 0.717) is 17.4 Å². The zero-order valence-electron chi connectivity index (χ0n) is 12.2. The summed E-state index contributed by atoms with van der Waals surface area (Å²) < 4.78 is 5.30. The molecule has 0 aliphatic rings. The molecule has 0 bridgehead atoms. The van der Waals surface area contributed by atoms with Crippen molar-refractivity contribution in [2.24, 2.45) is 0 Å². The molecule has 1 aromatic heterocycles. The maximum atomic E-state index is 9.44. The second kappa shape index (κ2) is 6.54. The predicted molar refractivity (Wildman–Crippen MR) is 85.6 cm³/mol. The van der Waals surface area contributed by atoms with Crippen LogP contribution < -0.4 is 15.0 Å². The summed E-state index contributed by atoms with van der Waals surface area (Å²) in [5.41, 5.74) is 2.74.